The SMILES string of the molecule is Cc1cnc(C(C)Nc2ccc(S(N)(=O)=O)c(N)c2)o1. The van der Waals surface area contributed by atoms with Gasteiger partial charge in [-0.1, -0.05) is 0 Å². The fourth-order valence-electron chi connectivity index (χ4n) is 1.78. The Morgan fingerprint density at radius 2 is 2.10 bits per heavy atom. The molecule has 1 heterocycles. The zero-order chi connectivity index (χ0) is 14.9. The van der Waals surface area contributed by atoms with Crippen LogP contribution in [0.25, 0.3) is 0 Å². The van der Waals surface area contributed by atoms with Gasteiger partial charge in [0.05, 0.1) is 11.9 Å². The van der Waals surface area contributed by atoms with E-state index in [1.807, 2.05) is 13.8 Å². The van der Waals surface area contributed by atoms with E-state index in [1.165, 1.54) is 12.1 Å². The van der Waals surface area contributed by atoms with E-state index in [2.05, 4.69) is 10.3 Å². The first-order valence-electron chi connectivity index (χ1n) is 5.88. The van der Waals surface area contributed by atoms with Crippen molar-refractivity contribution in [1.29, 1.82) is 0 Å². The lowest BCUT2D eigenvalue weighted by atomic mass is 10.2. The highest BCUT2D eigenvalue weighted by molar-refractivity contribution is 7.89. The number of hydrogen-bond donors (Lipinski definition) is 3. The minimum absolute atomic E-state index is 0.0910. The number of nitrogens with one attached hydrogen (secondary N) is 1. The van der Waals surface area contributed by atoms with Gasteiger partial charge in [0.1, 0.15) is 16.7 Å². The zero-order valence-corrected chi connectivity index (χ0v) is 11.9. The molecule has 0 aliphatic carbocycles. The molecule has 2 rings (SSSR count). The van der Waals surface area contributed by atoms with Crippen LogP contribution in [0.4, 0.5) is 11.4 Å². The molecular formula is C12H16N4O3S. The predicted molar refractivity (Wildman–Crippen MR) is 75.5 cm³/mol. The zero-order valence-electron chi connectivity index (χ0n) is 11.1. The van der Waals surface area contributed by atoms with E-state index in [0.29, 0.717) is 11.6 Å². The van der Waals surface area contributed by atoms with Gasteiger partial charge in [-0.25, -0.2) is 18.5 Å². The van der Waals surface area contributed by atoms with Crippen LogP contribution in [0, 0.1) is 6.92 Å². The van der Waals surface area contributed by atoms with Gasteiger partial charge in [0.2, 0.25) is 15.9 Å². The third-order valence-electron chi connectivity index (χ3n) is 2.71. The average molecular weight is 296 g/mol. The number of oxazole rings is 1. The number of benzene rings is 1. The van der Waals surface area contributed by atoms with E-state index >= 15 is 0 Å². The second-order valence-corrected chi connectivity index (χ2v) is 6.00. The second-order valence-electron chi connectivity index (χ2n) is 4.47. The Labute approximate surface area is 117 Å². The summed E-state index contributed by atoms with van der Waals surface area (Å²) in [5.74, 6) is 1.26. The molecule has 1 atom stereocenters. The Bertz CT molecular complexity index is 724. The van der Waals surface area contributed by atoms with Crippen LogP contribution in [0.5, 0.6) is 0 Å². The lowest BCUT2D eigenvalue weighted by molar-refractivity contribution is 0.453. The van der Waals surface area contributed by atoms with Gasteiger partial charge < -0.3 is 15.5 Å². The number of nitrogen functional groups attached to an aromatic ring is 1. The smallest absolute Gasteiger partial charge is 0.240 e. The van der Waals surface area contributed by atoms with Crippen LogP contribution >= 0.6 is 0 Å². The number of primary sulfonamides is 1. The van der Waals surface area contributed by atoms with E-state index < -0.39 is 10.0 Å². The summed E-state index contributed by atoms with van der Waals surface area (Å²) in [7, 11) is -3.81. The molecule has 0 aliphatic rings. The second kappa shape index (κ2) is 5.14. The summed E-state index contributed by atoms with van der Waals surface area (Å²) in [6, 6.07) is 4.28. The predicted octanol–water partition coefficient (Wildman–Crippen LogP) is 1.39. The number of rotatable bonds is 4. The molecule has 1 aromatic carbocycles. The normalized spacial score (nSPS) is 13.2. The molecule has 0 fully saturated rings. The summed E-state index contributed by atoms with van der Waals surface area (Å²) in [5.41, 5.74) is 6.43. The van der Waals surface area contributed by atoms with Crippen LogP contribution in [0.1, 0.15) is 24.6 Å². The molecule has 1 aromatic heterocycles. The van der Waals surface area contributed by atoms with Crippen molar-refractivity contribution in [2.45, 2.75) is 24.8 Å². The van der Waals surface area contributed by atoms with Gasteiger partial charge >= 0.3 is 0 Å². The van der Waals surface area contributed by atoms with Crippen LogP contribution in [-0.4, -0.2) is 13.4 Å². The summed E-state index contributed by atoms with van der Waals surface area (Å²) in [6.45, 7) is 3.68. The Hall–Kier alpha value is -2.06. The summed E-state index contributed by atoms with van der Waals surface area (Å²) in [6.07, 6.45) is 1.63. The van der Waals surface area contributed by atoms with Gasteiger partial charge in [0.25, 0.3) is 0 Å². The van der Waals surface area contributed by atoms with Gasteiger partial charge in [0, 0.05) is 5.69 Å². The van der Waals surface area contributed by atoms with Crippen molar-refractivity contribution in [2.24, 2.45) is 5.14 Å². The van der Waals surface area contributed by atoms with E-state index in [1.54, 1.807) is 12.3 Å². The topological polar surface area (TPSA) is 124 Å². The molecule has 7 nitrogen and oxygen atoms in total. The lowest BCUT2D eigenvalue weighted by Gasteiger charge is -2.13. The monoisotopic (exact) mass is 296 g/mol. The van der Waals surface area contributed by atoms with E-state index in [0.717, 1.165) is 5.76 Å². The van der Waals surface area contributed by atoms with Gasteiger partial charge in [0.15, 0.2) is 0 Å². The molecule has 108 valence electrons. The number of nitrogens with zero attached hydrogens (tertiary/aromatic N) is 1. The van der Waals surface area contributed by atoms with Gasteiger partial charge in [-0.3, -0.25) is 0 Å². The van der Waals surface area contributed by atoms with Gasteiger partial charge in [-0.15, -0.1) is 0 Å². The standard InChI is InChI=1S/C12H16N4O3S/c1-7-6-15-12(19-7)8(2)16-9-3-4-11(10(13)5-9)20(14,17)18/h3-6,8,16H,13H2,1-2H3,(H2,14,17,18). The van der Waals surface area contributed by atoms with E-state index in [4.69, 9.17) is 15.3 Å². The lowest BCUT2D eigenvalue weighted by Crippen LogP contribution is -2.15. The van der Waals surface area contributed by atoms with Crippen LogP contribution in [0.3, 0.4) is 0 Å². The maximum Gasteiger partial charge on any atom is 0.240 e. The highest BCUT2D eigenvalue weighted by Gasteiger charge is 2.15. The van der Waals surface area contributed by atoms with Crippen LogP contribution in [0.15, 0.2) is 33.7 Å². The van der Waals surface area contributed by atoms with E-state index in [9.17, 15) is 8.42 Å². The third-order valence-corrected chi connectivity index (χ3v) is 3.69. The maximum absolute atomic E-state index is 11.3. The first-order chi connectivity index (χ1) is 9.27. The molecule has 0 amide bonds. The maximum atomic E-state index is 11.3. The largest absolute Gasteiger partial charge is 0.444 e. The Kier molecular flexibility index (Phi) is 3.69. The van der Waals surface area contributed by atoms with Crippen molar-refractivity contribution < 1.29 is 12.8 Å². The Morgan fingerprint density at radius 3 is 2.60 bits per heavy atom. The molecule has 0 aliphatic heterocycles. The van der Waals surface area contributed by atoms with E-state index in [-0.39, 0.29) is 16.6 Å². The fourth-order valence-corrected chi connectivity index (χ4v) is 2.43. The molecule has 5 N–H and O–H groups in total. The minimum Gasteiger partial charge on any atom is -0.444 e. The van der Waals surface area contributed by atoms with Crippen molar-refractivity contribution in [3.05, 3.63) is 36.0 Å². The average Bonchev–Trinajstić information content (AvgIpc) is 2.74. The molecule has 20 heavy (non-hydrogen) atoms. The number of anilines is 2. The van der Waals surface area contributed by atoms with Crippen LogP contribution in [0.2, 0.25) is 0 Å². The quantitative estimate of drug-likeness (QED) is 0.732. The summed E-state index contributed by atoms with van der Waals surface area (Å²) in [5, 5.41) is 8.17. The van der Waals surface area contributed by atoms with Crippen LogP contribution < -0.4 is 16.2 Å². The molecule has 0 saturated heterocycles. The molecule has 0 radical (unpaired) electrons. The summed E-state index contributed by atoms with van der Waals surface area (Å²) >= 11 is 0. The molecule has 8 heteroatoms. The number of aryl methyl sites for hydroxylation is 1. The fraction of sp³-hybridized carbons (Fsp3) is 0.250. The third kappa shape index (κ3) is 3.09. The van der Waals surface area contributed by atoms with Crippen molar-refractivity contribution in [3.8, 4) is 0 Å². The Morgan fingerprint density at radius 1 is 1.40 bits per heavy atom. The highest BCUT2D eigenvalue weighted by atomic mass is 32.2. The van der Waals surface area contributed by atoms with Crippen molar-refractivity contribution in [1.82, 2.24) is 4.98 Å². The molecule has 0 bridgehead atoms. The molecule has 2 aromatic rings. The van der Waals surface area contributed by atoms with Crippen molar-refractivity contribution in [2.75, 3.05) is 11.1 Å². The van der Waals surface area contributed by atoms with Crippen LogP contribution in [-0.2, 0) is 10.0 Å². The molecule has 0 saturated carbocycles. The van der Waals surface area contributed by atoms with Gasteiger partial charge in [-0.2, -0.15) is 0 Å². The summed E-state index contributed by atoms with van der Waals surface area (Å²) in [4.78, 5) is 4.02. The number of hydrogen-bond acceptors (Lipinski definition) is 6. The Balaban J connectivity index is 2.21. The molecule has 1 unspecified atom stereocenters. The number of aromatic nitrogens is 1. The summed E-state index contributed by atoms with van der Waals surface area (Å²) < 4.78 is 27.9. The molecule has 0 spiro atoms. The van der Waals surface area contributed by atoms with Gasteiger partial charge in [-0.05, 0) is 32.0 Å². The first kappa shape index (κ1) is 14.4. The van der Waals surface area contributed by atoms with Crippen molar-refractivity contribution in [3.63, 3.8) is 0 Å². The number of sulfonamides is 1. The first-order valence-corrected chi connectivity index (χ1v) is 7.43. The minimum atomic E-state index is -3.81. The number of nitrogens with two attached hydrogens (primary N) is 2. The molecular weight excluding hydrogens is 280 g/mol. The highest BCUT2D eigenvalue weighted by Crippen LogP contribution is 2.24. The van der Waals surface area contributed by atoms with Crippen molar-refractivity contribution >= 4 is 21.4 Å².